The van der Waals surface area contributed by atoms with Crippen molar-refractivity contribution < 1.29 is 14.6 Å². The number of hydrogen-bond donors (Lipinski definition) is 2. The van der Waals surface area contributed by atoms with Crippen molar-refractivity contribution >= 4 is 5.91 Å². The molecule has 1 aliphatic rings. The second-order valence-corrected chi connectivity index (χ2v) is 7.23. The van der Waals surface area contributed by atoms with E-state index in [4.69, 9.17) is 4.74 Å². The molecule has 8 heteroatoms. The third-order valence-electron chi connectivity index (χ3n) is 5.36. The fraction of sp³-hybridized carbons (Fsp3) is 0.550. The Morgan fingerprint density at radius 1 is 1.32 bits per heavy atom. The van der Waals surface area contributed by atoms with Crippen molar-refractivity contribution in [2.24, 2.45) is 5.92 Å². The monoisotopic (exact) mass is 387 g/mol. The second kappa shape index (κ2) is 9.05. The van der Waals surface area contributed by atoms with Gasteiger partial charge in [0, 0.05) is 44.1 Å². The van der Waals surface area contributed by atoms with Crippen LogP contribution in [0.25, 0.3) is 0 Å². The Kier molecular flexibility index (Phi) is 6.51. The number of carbonyl (C=O) groups excluding carboxylic acids is 1. The van der Waals surface area contributed by atoms with Gasteiger partial charge in [-0.05, 0) is 24.6 Å². The molecule has 2 aromatic rings. The quantitative estimate of drug-likeness (QED) is 0.751. The summed E-state index contributed by atoms with van der Waals surface area (Å²) in [5, 5.41) is 21.7. The molecular weight excluding hydrogens is 358 g/mol. The molecular formula is C20H29N5O3. The fourth-order valence-electron chi connectivity index (χ4n) is 3.30. The van der Waals surface area contributed by atoms with E-state index < -0.39 is 0 Å². The smallest absolute Gasteiger partial charge is 0.223 e. The maximum atomic E-state index is 12.0. The normalized spacial score (nSPS) is 15.5. The van der Waals surface area contributed by atoms with Crippen molar-refractivity contribution in [3.05, 3.63) is 35.4 Å². The zero-order valence-corrected chi connectivity index (χ0v) is 16.8. The van der Waals surface area contributed by atoms with Gasteiger partial charge in [-0.15, -0.1) is 10.2 Å². The zero-order chi connectivity index (χ0) is 20.1. The van der Waals surface area contributed by atoms with E-state index in [-0.39, 0.29) is 17.6 Å². The summed E-state index contributed by atoms with van der Waals surface area (Å²) in [6.45, 7) is 7.35. The summed E-state index contributed by atoms with van der Waals surface area (Å²) >= 11 is 0. The van der Waals surface area contributed by atoms with Gasteiger partial charge >= 0.3 is 0 Å². The molecule has 0 radical (unpaired) electrons. The first-order valence-electron chi connectivity index (χ1n) is 9.78. The molecule has 8 nitrogen and oxygen atoms in total. The average Bonchev–Trinajstić information content (AvgIpc) is 2.99. The lowest BCUT2D eigenvalue weighted by Gasteiger charge is -2.20. The summed E-state index contributed by atoms with van der Waals surface area (Å²) in [6.07, 6.45) is 1.59. The number of aromatic hydroxyl groups is 1. The molecule has 0 saturated carbocycles. The van der Waals surface area contributed by atoms with Gasteiger partial charge in [0.1, 0.15) is 17.3 Å². The summed E-state index contributed by atoms with van der Waals surface area (Å²) < 4.78 is 7.36. The number of phenolic OH excluding ortho intramolecular Hbond substituents is 1. The topological polar surface area (TPSA) is 92.5 Å². The molecule has 152 valence electrons. The fourth-order valence-corrected chi connectivity index (χ4v) is 3.30. The number of nitrogens with one attached hydrogen (secondary N) is 1. The standard InChI is InChI=1S/C20H29N5O3/c1-4-14(2)20(27)21-12-19-23-22-18-7-8-24(9-10-25(18)19)13-15-11-16(28-3)5-6-17(15)26/h5-6,11,14,26H,4,7-10,12-13H2,1-3H3,(H,21,27). The molecule has 0 bridgehead atoms. The van der Waals surface area contributed by atoms with Gasteiger partial charge < -0.3 is 19.7 Å². The first-order valence-corrected chi connectivity index (χ1v) is 9.78. The average molecular weight is 387 g/mol. The molecule has 1 amide bonds. The van der Waals surface area contributed by atoms with E-state index in [1.54, 1.807) is 19.2 Å². The van der Waals surface area contributed by atoms with Crippen LogP contribution in [0.1, 0.15) is 37.5 Å². The predicted molar refractivity (Wildman–Crippen MR) is 105 cm³/mol. The number of nitrogens with zero attached hydrogens (tertiary/aromatic N) is 4. The van der Waals surface area contributed by atoms with Crippen LogP contribution >= 0.6 is 0 Å². The predicted octanol–water partition coefficient (Wildman–Crippen LogP) is 1.71. The largest absolute Gasteiger partial charge is 0.508 e. The van der Waals surface area contributed by atoms with Gasteiger partial charge in [0.25, 0.3) is 0 Å². The Morgan fingerprint density at radius 2 is 2.14 bits per heavy atom. The van der Waals surface area contributed by atoms with Crippen molar-refractivity contribution in [1.29, 1.82) is 0 Å². The summed E-state index contributed by atoms with van der Waals surface area (Å²) in [5.41, 5.74) is 0.845. The van der Waals surface area contributed by atoms with Crippen LogP contribution in [-0.2, 0) is 30.8 Å². The van der Waals surface area contributed by atoms with Crippen molar-refractivity contribution in [2.45, 2.75) is 46.3 Å². The highest BCUT2D eigenvalue weighted by Crippen LogP contribution is 2.25. The molecule has 1 aromatic carbocycles. The van der Waals surface area contributed by atoms with Crippen molar-refractivity contribution in [3.63, 3.8) is 0 Å². The third-order valence-corrected chi connectivity index (χ3v) is 5.36. The van der Waals surface area contributed by atoms with Gasteiger partial charge in [-0.3, -0.25) is 9.69 Å². The van der Waals surface area contributed by atoms with Crippen LogP contribution in [-0.4, -0.2) is 50.9 Å². The minimum Gasteiger partial charge on any atom is -0.508 e. The summed E-state index contributed by atoms with van der Waals surface area (Å²) in [4.78, 5) is 14.3. The molecule has 1 aromatic heterocycles. The number of fused-ring (bicyclic) bond motifs is 1. The highest BCUT2D eigenvalue weighted by atomic mass is 16.5. The van der Waals surface area contributed by atoms with E-state index >= 15 is 0 Å². The van der Waals surface area contributed by atoms with Crippen LogP contribution in [0.4, 0.5) is 0 Å². The maximum absolute atomic E-state index is 12.0. The van der Waals surface area contributed by atoms with E-state index in [0.717, 1.165) is 55.4 Å². The van der Waals surface area contributed by atoms with E-state index in [0.29, 0.717) is 13.1 Å². The lowest BCUT2D eigenvalue weighted by Crippen LogP contribution is -2.30. The highest BCUT2D eigenvalue weighted by molar-refractivity contribution is 5.78. The number of methoxy groups -OCH3 is 1. The first-order chi connectivity index (χ1) is 13.5. The number of hydrogen-bond acceptors (Lipinski definition) is 6. The van der Waals surface area contributed by atoms with E-state index in [9.17, 15) is 9.90 Å². The van der Waals surface area contributed by atoms with Crippen LogP contribution in [0.3, 0.4) is 0 Å². The number of benzene rings is 1. The molecule has 28 heavy (non-hydrogen) atoms. The molecule has 1 atom stereocenters. The minimum absolute atomic E-state index is 0.00226. The van der Waals surface area contributed by atoms with E-state index in [1.807, 2.05) is 19.9 Å². The number of phenols is 1. The number of carbonyl (C=O) groups is 1. The molecule has 0 aliphatic carbocycles. The summed E-state index contributed by atoms with van der Waals surface area (Å²) in [5.74, 6) is 2.78. The maximum Gasteiger partial charge on any atom is 0.223 e. The van der Waals surface area contributed by atoms with Gasteiger partial charge in [0.2, 0.25) is 5.91 Å². The number of amides is 1. The molecule has 1 aliphatic heterocycles. The summed E-state index contributed by atoms with van der Waals surface area (Å²) in [7, 11) is 1.62. The van der Waals surface area contributed by atoms with Crippen molar-refractivity contribution in [1.82, 2.24) is 25.0 Å². The summed E-state index contributed by atoms with van der Waals surface area (Å²) in [6, 6.07) is 5.29. The number of ether oxygens (including phenoxy) is 1. The Balaban J connectivity index is 1.62. The molecule has 0 spiro atoms. The zero-order valence-electron chi connectivity index (χ0n) is 16.8. The highest BCUT2D eigenvalue weighted by Gasteiger charge is 2.20. The number of rotatable bonds is 7. The van der Waals surface area contributed by atoms with Crippen LogP contribution in [0.2, 0.25) is 0 Å². The number of aromatic nitrogens is 3. The van der Waals surface area contributed by atoms with Gasteiger partial charge in [-0.25, -0.2) is 0 Å². The van der Waals surface area contributed by atoms with Crippen molar-refractivity contribution in [3.8, 4) is 11.5 Å². The Morgan fingerprint density at radius 3 is 2.89 bits per heavy atom. The van der Waals surface area contributed by atoms with Gasteiger partial charge in [-0.2, -0.15) is 0 Å². The lowest BCUT2D eigenvalue weighted by atomic mass is 10.1. The molecule has 3 rings (SSSR count). The SMILES string of the molecule is CCC(C)C(=O)NCc1nnc2n1CCN(Cc1cc(OC)ccc1O)CC2. The second-order valence-electron chi connectivity index (χ2n) is 7.23. The molecule has 0 fully saturated rings. The van der Waals surface area contributed by atoms with Gasteiger partial charge in [0.15, 0.2) is 5.82 Å². The Labute approximate surface area is 165 Å². The van der Waals surface area contributed by atoms with E-state index in [1.165, 1.54) is 0 Å². The minimum atomic E-state index is -0.00226. The van der Waals surface area contributed by atoms with Gasteiger partial charge in [-0.1, -0.05) is 13.8 Å². The van der Waals surface area contributed by atoms with Crippen molar-refractivity contribution in [2.75, 3.05) is 20.2 Å². The van der Waals surface area contributed by atoms with Crippen LogP contribution in [0.15, 0.2) is 18.2 Å². The molecule has 1 unspecified atom stereocenters. The molecule has 2 heterocycles. The van der Waals surface area contributed by atoms with E-state index in [2.05, 4.69) is 25.0 Å². The molecule has 2 N–H and O–H groups in total. The Hall–Kier alpha value is -2.61. The van der Waals surface area contributed by atoms with Crippen LogP contribution in [0.5, 0.6) is 11.5 Å². The van der Waals surface area contributed by atoms with Crippen LogP contribution < -0.4 is 10.1 Å². The third kappa shape index (κ3) is 4.62. The molecule has 0 saturated heterocycles. The lowest BCUT2D eigenvalue weighted by molar-refractivity contribution is -0.124. The van der Waals surface area contributed by atoms with Gasteiger partial charge in [0.05, 0.1) is 13.7 Å². The first kappa shape index (κ1) is 20.1. The Bertz CT molecular complexity index is 820. The van der Waals surface area contributed by atoms with Crippen LogP contribution in [0, 0.1) is 5.92 Å².